The van der Waals surface area contributed by atoms with Crippen molar-refractivity contribution in [3.63, 3.8) is 0 Å². The molecule has 1 saturated heterocycles. The SMILES string of the molecule is CCc1cn([C@H]2C[C@@H](O)[C@@H](CO)O2)c2ncnc(N)c12. The average Bonchev–Trinajstić information content (AvgIpc) is 3.00. The molecule has 0 radical (unpaired) electrons. The van der Waals surface area contributed by atoms with Gasteiger partial charge in [-0.05, 0) is 12.0 Å². The molecule has 0 bridgehead atoms. The third-order valence-corrected chi connectivity index (χ3v) is 3.79. The maximum atomic E-state index is 9.86. The number of nitrogens with zero attached hydrogens (tertiary/aromatic N) is 3. The molecular formula is C13H18N4O3. The van der Waals surface area contributed by atoms with E-state index in [2.05, 4.69) is 9.97 Å². The molecule has 0 unspecified atom stereocenters. The molecule has 0 spiro atoms. The molecule has 0 aromatic carbocycles. The Balaban J connectivity index is 2.07. The number of aliphatic hydroxyl groups excluding tert-OH is 2. The molecule has 7 heteroatoms. The molecule has 1 aliphatic rings. The van der Waals surface area contributed by atoms with E-state index in [1.807, 2.05) is 17.7 Å². The molecule has 1 fully saturated rings. The van der Waals surface area contributed by atoms with Gasteiger partial charge in [-0.1, -0.05) is 6.92 Å². The van der Waals surface area contributed by atoms with E-state index in [-0.39, 0.29) is 12.8 Å². The summed E-state index contributed by atoms with van der Waals surface area (Å²) in [6.45, 7) is 1.83. The van der Waals surface area contributed by atoms with E-state index in [9.17, 15) is 10.2 Å². The second kappa shape index (κ2) is 5.01. The number of aliphatic hydroxyl groups is 2. The van der Waals surface area contributed by atoms with Gasteiger partial charge in [0.2, 0.25) is 0 Å². The lowest BCUT2D eigenvalue weighted by molar-refractivity contribution is -0.0430. The van der Waals surface area contributed by atoms with Gasteiger partial charge in [0, 0.05) is 12.6 Å². The summed E-state index contributed by atoms with van der Waals surface area (Å²) in [6, 6.07) is 0. The highest BCUT2D eigenvalue weighted by molar-refractivity contribution is 5.89. The van der Waals surface area contributed by atoms with Gasteiger partial charge in [0.15, 0.2) is 0 Å². The molecule has 3 atom stereocenters. The van der Waals surface area contributed by atoms with Crippen molar-refractivity contribution in [1.29, 1.82) is 0 Å². The van der Waals surface area contributed by atoms with Gasteiger partial charge in [-0.3, -0.25) is 0 Å². The van der Waals surface area contributed by atoms with Crippen molar-refractivity contribution in [3.8, 4) is 0 Å². The molecule has 20 heavy (non-hydrogen) atoms. The Morgan fingerprint density at radius 1 is 1.50 bits per heavy atom. The predicted molar refractivity (Wildman–Crippen MR) is 72.9 cm³/mol. The summed E-state index contributed by atoms with van der Waals surface area (Å²) in [7, 11) is 0. The lowest BCUT2D eigenvalue weighted by Gasteiger charge is -2.14. The van der Waals surface area contributed by atoms with Crippen LogP contribution in [0.25, 0.3) is 11.0 Å². The van der Waals surface area contributed by atoms with Crippen LogP contribution in [0.3, 0.4) is 0 Å². The van der Waals surface area contributed by atoms with Crippen molar-refractivity contribution in [2.24, 2.45) is 0 Å². The van der Waals surface area contributed by atoms with Crippen molar-refractivity contribution in [2.75, 3.05) is 12.3 Å². The number of nitrogens with two attached hydrogens (primary N) is 1. The fourth-order valence-corrected chi connectivity index (χ4v) is 2.72. The second-order valence-corrected chi connectivity index (χ2v) is 4.99. The fraction of sp³-hybridized carbons (Fsp3) is 0.538. The van der Waals surface area contributed by atoms with Crippen LogP contribution in [0.1, 0.15) is 25.1 Å². The van der Waals surface area contributed by atoms with Gasteiger partial charge < -0.3 is 25.3 Å². The Labute approximate surface area is 116 Å². The topological polar surface area (TPSA) is 106 Å². The van der Waals surface area contributed by atoms with Crippen LogP contribution in [-0.2, 0) is 11.2 Å². The Bertz CT molecular complexity index is 627. The first-order valence-corrected chi connectivity index (χ1v) is 6.70. The number of nitrogen functional groups attached to an aromatic ring is 1. The third kappa shape index (κ3) is 1.94. The van der Waals surface area contributed by atoms with Crippen molar-refractivity contribution < 1.29 is 14.9 Å². The Hall–Kier alpha value is -1.70. The molecule has 3 rings (SSSR count). The number of rotatable bonds is 3. The molecule has 108 valence electrons. The normalized spacial score (nSPS) is 26.4. The van der Waals surface area contributed by atoms with Crippen molar-refractivity contribution in [2.45, 2.75) is 38.2 Å². The molecule has 4 N–H and O–H groups in total. The zero-order valence-corrected chi connectivity index (χ0v) is 11.2. The largest absolute Gasteiger partial charge is 0.394 e. The first-order valence-electron chi connectivity index (χ1n) is 6.70. The van der Waals surface area contributed by atoms with Gasteiger partial charge in [-0.2, -0.15) is 0 Å². The van der Waals surface area contributed by atoms with E-state index >= 15 is 0 Å². The van der Waals surface area contributed by atoms with Crippen LogP contribution in [0, 0.1) is 0 Å². The number of anilines is 1. The molecule has 2 aromatic rings. The van der Waals surface area contributed by atoms with Gasteiger partial charge in [-0.25, -0.2) is 9.97 Å². The van der Waals surface area contributed by atoms with Crippen LogP contribution in [0.2, 0.25) is 0 Å². The summed E-state index contributed by atoms with van der Waals surface area (Å²) in [5.74, 6) is 0.447. The minimum atomic E-state index is -0.674. The Morgan fingerprint density at radius 3 is 2.95 bits per heavy atom. The van der Waals surface area contributed by atoms with Crippen LogP contribution < -0.4 is 5.73 Å². The highest BCUT2D eigenvalue weighted by Crippen LogP contribution is 2.34. The molecule has 2 aromatic heterocycles. The summed E-state index contributed by atoms with van der Waals surface area (Å²) >= 11 is 0. The number of fused-ring (bicyclic) bond motifs is 1. The summed E-state index contributed by atoms with van der Waals surface area (Å²) in [4.78, 5) is 8.30. The van der Waals surface area contributed by atoms with Crippen LogP contribution in [0.15, 0.2) is 12.5 Å². The number of ether oxygens (including phenoxy) is 1. The van der Waals surface area contributed by atoms with Crippen LogP contribution in [0.5, 0.6) is 0 Å². The highest BCUT2D eigenvalue weighted by atomic mass is 16.5. The van der Waals surface area contributed by atoms with E-state index in [0.29, 0.717) is 17.9 Å². The van der Waals surface area contributed by atoms with Gasteiger partial charge in [0.1, 0.15) is 30.1 Å². The van der Waals surface area contributed by atoms with Crippen molar-refractivity contribution in [3.05, 3.63) is 18.1 Å². The fourth-order valence-electron chi connectivity index (χ4n) is 2.72. The summed E-state index contributed by atoms with van der Waals surface area (Å²) in [5, 5.41) is 19.9. The molecule has 0 aliphatic carbocycles. The van der Waals surface area contributed by atoms with Crippen LogP contribution in [-0.4, -0.2) is 43.6 Å². The maximum absolute atomic E-state index is 9.86. The first kappa shape index (κ1) is 13.3. The van der Waals surface area contributed by atoms with Gasteiger partial charge >= 0.3 is 0 Å². The third-order valence-electron chi connectivity index (χ3n) is 3.79. The lowest BCUT2D eigenvalue weighted by Crippen LogP contribution is -2.24. The van der Waals surface area contributed by atoms with Gasteiger partial charge in [0.05, 0.1) is 18.1 Å². The molecule has 0 amide bonds. The average molecular weight is 278 g/mol. The summed E-state index contributed by atoms with van der Waals surface area (Å²) in [5.41, 5.74) is 7.67. The second-order valence-electron chi connectivity index (χ2n) is 4.99. The minimum absolute atomic E-state index is 0.200. The van der Waals surface area contributed by atoms with E-state index in [1.165, 1.54) is 6.33 Å². The minimum Gasteiger partial charge on any atom is -0.394 e. The smallest absolute Gasteiger partial charge is 0.147 e. The molecular weight excluding hydrogens is 260 g/mol. The predicted octanol–water partition coefficient (Wildman–Crippen LogP) is 0.217. The zero-order valence-electron chi connectivity index (χ0n) is 11.2. The zero-order chi connectivity index (χ0) is 14.3. The first-order chi connectivity index (χ1) is 9.65. The standard InChI is InChI=1S/C13H18N4O3/c1-2-7-4-17(10-3-8(19)9(5-18)20-10)13-11(7)12(14)15-6-16-13/h4,6,8-10,18-19H,2-3,5H2,1H3,(H2,14,15,16)/t8-,9-,10-/m1/s1. The van der Waals surface area contributed by atoms with E-state index in [4.69, 9.17) is 10.5 Å². The van der Waals surface area contributed by atoms with E-state index in [0.717, 1.165) is 17.4 Å². The molecule has 1 aliphatic heterocycles. The number of aromatic nitrogens is 3. The molecule has 3 heterocycles. The summed E-state index contributed by atoms with van der Waals surface area (Å²) < 4.78 is 7.54. The van der Waals surface area contributed by atoms with E-state index < -0.39 is 12.2 Å². The Morgan fingerprint density at radius 2 is 2.30 bits per heavy atom. The van der Waals surface area contributed by atoms with Gasteiger partial charge in [-0.15, -0.1) is 0 Å². The maximum Gasteiger partial charge on any atom is 0.147 e. The van der Waals surface area contributed by atoms with Crippen molar-refractivity contribution in [1.82, 2.24) is 14.5 Å². The van der Waals surface area contributed by atoms with Gasteiger partial charge in [0.25, 0.3) is 0 Å². The lowest BCUT2D eigenvalue weighted by atomic mass is 10.2. The summed E-state index contributed by atoms with van der Waals surface area (Å²) in [6.07, 6.45) is 3.00. The number of aryl methyl sites for hydroxylation is 1. The molecule has 7 nitrogen and oxygen atoms in total. The quantitative estimate of drug-likeness (QED) is 0.741. The van der Waals surface area contributed by atoms with Crippen LogP contribution in [0.4, 0.5) is 5.82 Å². The highest BCUT2D eigenvalue weighted by Gasteiger charge is 2.35. The van der Waals surface area contributed by atoms with Crippen LogP contribution >= 0.6 is 0 Å². The monoisotopic (exact) mass is 278 g/mol. The van der Waals surface area contributed by atoms with E-state index in [1.54, 1.807) is 0 Å². The molecule has 0 saturated carbocycles. The Kier molecular flexibility index (Phi) is 3.33. The number of hydrogen-bond donors (Lipinski definition) is 3. The van der Waals surface area contributed by atoms with Crippen molar-refractivity contribution >= 4 is 16.9 Å². The number of hydrogen-bond acceptors (Lipinski definition) is 6.